The van der Waals surface area contributed by atoms with Gasteiger partial charge in [-0.3, -0.25) is 0 Å². The van der Waals surface area contributed by atoms with Crippen molar-refractivity contribution in [2.24, 2.45) is 0 Å². The van der Waals surface area contributed by atoms with Crippen LogP contribution in [0.25, 0.3) is 11.3 Å². The van der Waals surface area contributed by atoms with Crippen molar-refractivity contribution in [3.8, 4) is 28.5 Å². The van der Waals surface area contributed by atoms with Gasteiger partial charge in [-0.05, 0) is 62.2 Å². The van der Waals surface area contributed by atoms with E-state index in [1.165, 1.54) is 0 Å². The number of aryl methyl sites for hydroxylation is 2. The molecule has 1 aromatic heterocycles. The summed E-state index contributed by atoms with van der Waals surface area (Å²) in [5, 5.41) is 9.63. The summed E-state index contributed by atoms with van der Waals surface area (Å²) in [4.78, 5) is 16.4. The molecule has 1 heterocycles. The molecule has 0 bridgehead atoms. The van der Waals surface area contributed by atoms with Crippen molar-refractivity contribution < 1.29 is 24.1 Å². The summed E-state index contributed by atoms with van der Waals surface area (Å²) >= 11 is 0. The van der Waals surface area contributed by atoms with Gasteiger partial charge in [-0.2, -0.15) is 0 Å². The topological polar surface area (TPSA) is 77.9 Å². The Kier molecular flexibility index (Phi) is 7.13. The van der Waals surface area contributed by atoms with Crippen LogP contribution < -0.4 is 14.2 Å². The Morgan fingerprint density at radius 3 is 2.45 bits per heavy atom. The molecule has 0 spiro atoms. The fourth-order valence-electron chi connectivity index (χ4n) is 3.24. The molecule has 0 atom stereocenters. The summed E-state index contributed by atoms with van der Waals surface area (Å²) in [6.45, 7) is 6.60. The van der Waals surface area contributed by atoms with Gasteiger partial charge in [0, 0.05) is 5.56 Å². The minimum absolute atomic E-state index is 0.0362. The lowest BCUT2D eigenvalue weighted by Gasteiger charge is -2.15. The minimum Gasteiger partial charge on any atom is -0.497 e. The molecule has 1 N–H and O–H groups in total. The van der Waals surface area contributed by atoms with Gasteiger partial charge in [0.1, 0.15) is 23.9 Å². The van der Waals surface area contributed by atoms with Crippen LogP contribution in [0.15, 0.2) is 48.5 Å². The first-order valence-electron chi connectivity index (χ1n) is 10.2. The molecule has 0 unspecified atom stereocenters. The van der Waals surface area contributed by atoms with Crippen LogP contribution in [0.5, 0.6) is 17.2 Å². The van der Waals surface area contributed by atoms with Crippen LogP contribution in [0, 0.1) is 13.8 Å². The minimum atomic E-state index is -1.05. The molecule has 0 amide bonds. The third kappa shape index (κ3) is 5.34. The fraction of sp³-hybridized carbons (Fsp3) is 0.280. The number of methoxy groups -OCH3 is 1. The summed E-state index contributed by atoms with van der Waals surface area (Å²) in [6, 6.07) is 14.6. The van der Waals surface area contributed by atoms with Gasteiger partial charge >= 0.3 is 5.97 Å². The van der Waals surface area contributed by atoms with Crippen molar-refractivity contribution in [2.75, 3.05) is 13.7 Å². The number of nitrogens with zero attached hydrogens (tertiary/aromatic N) is 1. The lowest BCUT2D eigenvalue weighted by Crippen LogP contribution is -2.09. The first-order chi connectivity index (χ1) is 14.9. The number of carboxylic acid groups (broad SMARTS) is 1. The van der Waals surface area contributed by atoms with E-state index in [2.05, 4.69) is 4.98 Å². The van der Waals surface area contributed by atoms with E-state index in [0.29, 0.717) is 35.2 Å². The van der Waals surface area contributed by atoms with Gasteiger partial charge < -0.3 is 19.3 Å². The van der Waals surface area contributed by atoms with Crippen molar-refractivity contribution in [1.82, 2.24) is 4.98 Å². The molecule has 0 fully saturated rings. The number of pyridine rings is 1. The van der Waals surface area contributed by atoms with E-state index in [4.69, 9.17) is 14.2 Å². The molecule has 0 aliphatic carbocycles. The highest BCUT2D eigenvalue weighted by Crippen LogP contribution is 2.33. The second kappa shape index (κ2) is 9.98. The Hall–Kier alpha value is -3.54. The molecule has 6 nitrogen and oxygen atoms in total. The molecule has 0 saturated carbocycles. The molecule has 162 valence electrons. The van der Waals surface area contributed by atoms with Gasteiger partial charge in [0.05, 0.1) is 30.7 Å². The van der Waals surface area contributed by atoms with Crippen molar-refractivity contribution in [2.45, 2.75) is 33.8 Å². The van der Waals surface area contributed by atoms with Gasteiger partial charge in [-0.15, -0.1) is 0 Å². The Morgan fingerprint density at radius 2 is 1.77 bits per heavy atom. The fourth-order valence-corrected chi connectivity index (χ4v) is 3.24. The van der Waals surface area contributed by atoms with E-state index in [9.17, 15) is 9.90 Å². The Labute approximate surface area is 182 Å². The number of hydrogen-bond donors (Lipinski definition) is 1. The Morgan fingerprint density at radius 1 is 1.00 bits per heavy atom. The quantitative estimate of drug-likeness (QED) is 0.496. The molecular weight excluding hydrogens is 394 g/mol. The smallest absolute Gasteiger partial charge is 0.337 e. The van der Waals surface area contributed by atoms with E-state index in [0.717, 1.165) is 23.1 Å². The third-order valence-corrected chi connectivity index (χ3v) is 4.82. The highest BCUT2D eigenvalue weighted by molar-refractivity contribution is 5.89. The molecular formula is C25H27NO5. The third-order valence-electron chi connectivity index (χ3n) is 4.82. The molecule has 0 aliphatic heterocycles. The summed E-state index contributed by atoms with van der Waals surface area (Å²) in [5.74, 6) is 0.976. The van der Waals surface area contributed by atoms with Gasteiger partial charge in [0.25, 0.3) is 0 Å². The zero-order valence-corrected chi connectivity index (χ0v) is 18.3. The van der Waals surface area contributed by atoms with Gasteiger partial charge in [-0.25, -0.2) is 9.78 Å². The maximum absolute atomic E-state index is 11.8. The Bertz CT molecular complexity index is 1080. The monoisotopic (exact) mass is 421 g/mol. The van der Waals surface area contributed by atoms with Crippen LogP contribution in [0.2, 0.25) is 0 Å². The number of aromatic carboxylic acids is 1. The Balaban J connectivity index is 1.99. The van der Waals surface area contributed by atoms with Crippen molar-refractivity contribution in [3.63, 3.8) is 0 Å². The summed E-state index contributed by atoms with van der Waals surface area (Å²) in [6.07, 6.45) is 0.867. The normalized spacial score (nSPS) is 10.6. The molecule has 31 heavy (non-hydrogen) atoms. The number of rotatable bonds is 9. The first kappa shape index (κ1) is 22.2. The van der Waals surface area contributed by atoms with Crippen LogP contribution in [0.3, 0.4) is 0 Å². The maximum Gasteiger partial charge on any atom is 0.337 e. The van der Waals surface area contributed by atoms with Crippen LogP contribution in [-0.4, -0.2) is 29.8 Å². The SMILES string of the molecule is CCCOc1ccc(OC)cc1-c1ccc(C(=O)O)c(COc2ccc(C)cc2C)n1. The van der Waals surface area contributed by atoms with Crippen molar-refractivity contribution >= 4 is 5.97 Å². The van der Waals surface area contributed by atoms with E-state index in [1.807, 2.05) is 57.2 Å². The van der Waals surface area contributed by atoms with E-state index in [1.54, 1.807) is 19.2 Å². The molecule has 0 aliphatic rings. The van der Waals surface area contributed by atoms with E-state index < -0.39 is 5.97 Å². The number of hydrogen-bond acceptors (Lipinski definition) is 5. The molecule has 2 aromatic carbocycles. The number of carboxylic acids is 1. The largest absolute Gasteiger partial charge is 0.497 e. The second-order valence-electron chi connectivity index (χ2n) is 7.26. The van der Waals surface area contributed by atoms with Crippen molar-refractivity contribution in [1.29, 1.82) is 0 Å². The summed E-state index contributed by atoms with van der Waals surface area (Å²) in [5.41, 5.74) is 3.89. The average Bonchev–Trinajstić information content (AvgIpc) is 2.76. The van der Waals surface area contributed by atoms with Crippen LogP contribution in [0.1, 0.15) is 40.5 Å². The van der Waals surface area contributed by atoms with Gasteiger partial charge in [0.2, 0.25) is 0 Å². The highest BCUT2D eigenvalue weighted by atomic mass is 16.5. The number of carbonyl (C=O) groups is 1. The predicted octanol–water partition coefficient (Wildman–Crippen LogP) is 5.44. The maximum atomic E-state index is 11.8. The first-order valence-corrected chi connectivity index (χ1v) is 10.2. The number of benzene rings is 2. The summed E-state index contributed by atoms with van der Waals surface area (Å²) in [7, 11) is 1.59. The average molecular weight is 421 g/mol. The van der Waals surface area contributed by atoms with E-state index in [-0.39, 0.29) is 12.2 Å². The van der Waals surface area contributed by atoms with Crippen LogP contribution in [0.4, 0.5) is 0 Å². The molecule has 3 aromatic rings. The molecule has 3 rings (SSSR count). The zero-order valence-electron chi connectivity index (χ0n) is 18.3. The molecule has 6 heteroatoms. The number of ether oxygens (including phenoxy) is 3. The molecule has 0 saturated heterocycles. The second-order valence-corrected chi connectivity index (χ2v) is 7.26. The van der Waals surface area contributed by atoms with Gasteiger partial charge in [0.15, 0.2) is 0 Å². The standard InChI is InChI=1S/C25H27NO5/c1-5-12-30-24-11-7-18(29-4)14-20(24)21-9-8-19(25(27)28)22(26-21)15-31-23-10-6-16(2)13-17(23)3/h6-11,13-14H,5,12,15H2,1-4H3,(H,27,28). The summed E-state index contributed by atoms with van der Waals surface area (Å²) < 4.78 is 17.1. The van der Waals surface area contributed by atoms with Gasteiger partial charge in [-0.1, -0.05) is 24.6 Å². The van der Waals surface area contributed by atoms with Crippen LogP contribution in [-0.2, 0) is 6.61 Å². The lowest BCUT2D eigenvalue weighted by atomic mass is 10.1. The predicted molar refractivity (Wildman–Crippen MR) is 119 cm³/mol. The number of aromatic nitrogens is 1. The van der Waals surface area contributed by atoms with Crippen LogP contribution >= 0.6 is 0 Å². The highest BCUT2D eigenvalue weighted by Gasteiger charge is 2.17. The lowest BCUT2D eigenvalue weighted by molar-refractivity contribution is 0.0693. The zero-order chi connectivity index (χ0) is 22.4. The van der Waals surface area contributed by atoms with Crippen molar-refractivity contribution in [3.05, 3.63) is 70.9 Å². The van der Waals surface area contributed by atoms with E-state index >= 15 is 0 Å². The molecule has 0 radical (unpaired) electrons.